The van der Waals surface area contributed by atoms with E-state index < -0.39 is 5.97 Å². The Kier molecular flexibility index (Phi) is 5.15. The predicted octanol–water partition coefficient (Wildman–Crippen LogP) is 1.69. The van der Waals surface area contributed by atoms with E-state index in [9.17, 15) is 4.79 Å². The molecule has 1 aromatic rings. The van der Waals surface area contributed by atoms with Crippen molar-refractivity contribution in [3.05, 3.63) is 11.1 Å². The molecule has 19 heavy (non-hydrogen) atoms. The first kappa shape index (κ1) is 14.3. The first-order chi connectivity index (χ1) is 9.19. The number of carboxylic acids is 1. The van der Waals surface area contributed by atoms with Gasteiger partial charge in [-0.1, -0.05) is 6.92 Å². The van der Waals surface area contributed by atoms with E-state index in [4.69, 9.17) is 5.11 Å². The summed E-state index contributed by atoms with van der Waals surface area (Å²) in [7, 11) is 0. The summed E-state index contributed by atoms with van der Waals surface area (Å²) in [6.45, 7) is 7.62. The highest BCUT2D eigenvalue weighted by molar-refractivity contribution is 7.13. The number of aryl methyl sites for hydroxylation is 1. The maximum atomic E-state index is 10.5. The van der Waals surface area contributed by atoms with Gasteiger partial charge in [-0.3, -0.25) is 9.69 Å². The van der Waals surface area contributed by atoms with Crippen LogP contribution in [0.5, 0.6) is 0 Å². The molecule has 6 heteroatoms. The molecule has 1 fully saturated rings. The zero-order valence-corrected chi connectivity index (χ0v) is 12.2. The zero-order chi connectivity index (χ0) is 13.7. The van der Waals surface area contributed by atoms with Crippen molar-refractivity contribution in [3.63, 3.8) is 0 Å². The molecule has 0 amide bonds. The van der Waals surface area contributed by atoms with Crippen LogP contribution < -0.4 is 4.90 Å². The second kappa shape index (κ2) is 6.86. The fourth-order valence-corrected chi connectivity index (χ4v) is 3.18. The Morgan fingerprint density at radius 2 is 2.16 bits per heavy atom. The largest absolute Gasteiger partial charge is 0.481 e. The van der Waals surface area contributed by atoms with Crippen LogP contribution in [0.4, 0.5) is 5.13 Å². The van der Waals surface area contributed by atoms with Crippen LogP contribution in [-0.2, 0) is 11.2 Å². The number of thiazole rings is 1. The Hall–Kier alpha value is -1.14. The molecule has 0 aliphatic carbocycles. The number of aliphatic carboxylic acids is 1. The molecule has 0 bridgehead atoms. The van der Waals surface area contributed by atoms with Crippen molar-refractivity contribution < 1.29 is 9.90 Å². The fourth-order valence-electron chi connectivity index (χ4n) is 2.27. The SMILES string of the molecule is CCCN1CCN(c2nc(CCC(=O)O)cs2)CC1. The Balaban J connectivity index is 1.84. The highest BCUT2D eigenvalue weighted by atomic mass is 32.1. The third-order valence-corrected chi connectivity index (χ3v) is 4.27. The van der Waals surface area contributed by atoms with Crippen LogP contribution in [0.25, 0.3) is 0 Å². The van der Waals surface area contributed by atoms with Gasteiger partial charge >= 0.3 is 5.97 Å². The number of carboxylic acid groups (broad SMARTS) is 1. The Labute approximate surface area is 117 Å². The van der Waals surface area contributed by atoms with Gasteiger partial charge in [0, 0.05) is 38.0 Å². The summed E-state index contributed by atoms with van der Waals surface area (Å²) in [6, 6.07) is 0. The van der Waals surface area contributed by atoms with Gasteiger partial charge in [0.25, 0.3) is 0 Å². The summed E-state index contributed by atoms with van der Waals surface area (Å²) < 4.78 is 0. The number of aromatic nitrogens is 1. The smallest absolute Gasteiger partial charge is 0.303 e. The second-order valence-electron chi connectivity index (χ2n) is 4.84. The highest BCUT2D eigenvalue weighted by Crippen LogP contribution is 2.22. The predicted molar refractivity (Wildman–Crippen MR) is 77.0 cm³/mol. The summed E-state index contributed by atoms with van der Waals surface area (Å²) in [5, 5.41) is 11.7. The molecule has 1 aliphatic rings. The van der Waals surface area contributed by atoms with Crippen molar-refractivity contribution in [2.45, 2.75) is 26.2 Å². The van der Waals surface area contributed by atoms with Crippen LogP contribution in [0.1, 0.15) is 25.5 Å². The van der Waals surface area contributed by atoms with E-state index >= 15 is 0 Å². The van der Waals surface area contributed by atoms with Gasteiger partial charge < -0.3 is 10.0 Å². The molecule has 2 rings (SSSR count). The zero-order valence-electron chi connectivity index (χ0n) is 11.3. The van der Waals surface area contributed by atoms with E-state index in [1.807, 2.05) is 5.38 Å². The number of anilines is 1. The minimum atomic E-state index is -0.761. The molecular formula is C13H21N3O2S. The molecule has 0 spiro atoms. The Morgan fingerprint density at radius 1 is 1.42 bits per heavy atom. The number of piperazine rings is 1. The van der Waals surface area contributed by atoms with E-state index in [-0.39, 0.29) is 6.42 Å². The van der Waals surface area contributed by atoms with Gasteiger partial charge in [-0.05, 0) is 13.0 Å². The molecule has 2 heterocycles. The van der Waals surface area contributed by atoms with Gasteiger partial charge in [0.1, 0.15) is 0 Å². The maximum Gasteiger partial charge on any atom is 0.303 e. The second-order valence-corrected chi connectivity index (χ2v) is 5.68. The standard InChI is InChI=1S/C13H21N3O2S/c1-2-5-15-6-8-16(9-7-15)13-14-11(10-19-13)3-4-12(17)18/h10H,2-9H2,1H3,(H,17,18). The van der Waals surface area contributed by atoms with Crippen molar-refractivity contribution in [2.75, 3.05) is 37.6 Å². The summed E-state index contributed by atoms with van der Waals surface area (Å²) >= 11 is 1.63. The molecule has 1 saturated heterocycles. The average Bonchev–Trinajstić information content (AvgIpc) is 2.86. The minimum Gasteiger partial charge on any atom is -0.481 e. The Morgan fingerprint density at radius 3 is 2.79 bits per heavy atom. The first-order valence-electron chi connectivity index (χ1n) is 6.82. The number of nitrogens with zero attached hydrogens (tertiary/aromatic N) is 3. The lowest BCUT2D eigenvalue weighted by molar-refractivity contribution is -0.136. The molecule has 0 aromatic carbocycles. The van der Waals surface area contributed by atoms with E-state index in [2.05, 4.69) is 21.7 Å². The number of rotatable bonds is 6. The lowest BCUT2D eigenvalue weighted by atomic mass is 10.2. The number of hydrogen-bond acceptors (Lipinski definition) is 5. The van der Waals surface area contributed by atoms with Crippen molar-refractivity contribution in [2.24, 2.45) is 0 Å². The van der Waals surface area contributed by atoms with E-state index in [1.165, 1.54) is 13.0 Å². The van der Waals surface area contributed by atoms with Crippen LogP contribution in [0, 0.1) is 0 Å². The highest BCUT2D eigenvalue weighted by Gasteiger charge is 2.18. The van der Waals surface area contributed by atoms with Crippen molar-refractivity contribution in [1.82, 2.24) is 9.88 Å². The number of hydrogen-bond donors (Lipinski definition) is 1. The van der Waals surface area contributed by atoms with Crippen molar-refractivity contribution in [3.8, 4) is 0 Å². The van der Waals surface area contributed by atoms with Crippen LogP contribution >= 0.6 is 11.3 Å². The molecule has 1 N–H and O–H groups in total. The summed E-state index contributed by atoms with van der Waals surface area (Å²) in [5.74, 6) is -0.761. The molecule has 0 unspecified atom stereocenters. The molecule has 5 nitrogen and oxygen atoms in total. The monoisotopic (exact) mass is 283 g/mol. The van der Waals surface area contributed by atoms with Crippen LogP contribution in [0.15, 0.2) is 5.38 Å². The summed E-state index contributed by atoms with van der Waals surface area (Å²) in [6.07, 6.45) is 1.89. The Bertz CT molecular complexity index is 414. The molecule has 0 radical (unpaired) electrons. The van der Waals surface area contributed by atoms with Gasteiger partial charge in [-0.25, -0.2) is 4.98 Å². The molecule has 0 saturated carbocycles. The quantitative estimate of drug-likeness (QED) is 0.861. The van der Waals surface area contributed by atoms with Crippen LogP contribution in [0.3, 0.4) is 0 Å². The third kappa shape index (κ3) is 4.18. The van der Waals surface area contributed by atoms with Gasteiger partial charge in [0.15, 0.2) is 5.13 Å². The van der Waals surface area contributed by atoms with Crippen LogP contribution in [0.2, 0.25) is 0 Å². The molecule has 0 atom stereocenters. The van der Waals surface area contributed by atoms with E-state index in [0.29, 0.717) is 6.42 Å². The van der Waals surface area contributed by atoms with Gasteiger partial charge in [-0.15, -0.1) is 11.3 Å². The van der Waals surface area contributed by atoms with Gasteiger partial charge in [0.2, 0.25) is 0 Å². The van der Waals surface area contributed by atoms with Crippen LogP contribution in [-0.4, -0.2) is 53.7 Å². The lowest BCUT2D eigenvalue weighted by Crippen LogP contribution is -2.46. The fraction of sp³-hybridized carbons (Fsp3) is 0.692. The van der Waals surface area contributed by atoms with Gasteiger partial charge in [-0.2, -0.15) is 0 Å². The number of carbonyl (C=O) groups is 1. The normalized spacial score (nSPS) is 16.8. The molecule has 1 aliphatic heterocycles. The summed E-state index contributed by atoms with van der Waals surface area (Å²) in [5.41, 5.74) is 0.901. The van der Waals surface area contributed by atoms with E-state index in [1.54, 1.807) is 11.3 Å². The lowest BCUT2D eigenvalue weighted by Gasteiger charge is -2.34. The van der Waals surface area contributed by atoms with Gasteiger partial charge in [0.05, 0.1) is 12.1 Å². The average molecular weight is 283 g/mol. The summed E-state index contributed by atoms with van der Waals surface area (Å²) in [4.78, 5) is 19.9. The van der Waals surface area contributed by atoms with Crippen molar-refractivity contribution >= 4 is 22.4 Å². The molecular weight excluding hydrogens is 262 g/mol. The topological polar surface area (TPSA) is 56.7 Å². The molecule has 1 aromatic heterocycles. The first-order valence-corrected chi connectivity index (χ1v) is 7.70. The third-order valence-electron chi connectivity index (χ3n) is 3.32. The maximum absolute atomic E-state index is 10.5. The van der Waals surface area contributed by atoms with E-state index in [0.717, 1.165) is 37.0 Å². The molecule has 106 valence electrons. The minimum absolute atomic E-state index is 0.160. The van der Waals surface area contributed by atoms with Crippen molar-refractivity contribution in [1.29, 1.82) is 0 Å².